The number of carbonyl (C=O) groups is 1. The SMILES string of the molecule is Cc1nc(NCCCN2CCOCC2)ncc1C(=O)O. The average Bonchev–Trinajstić information content (AvgIpc) is 2.44. The summed E-state index contributed by atoms with van der Waals surface area (Å²) < 4.78 is 5.29. The normalized spacial score (nSPS) is 16.1. The summed E-state index contributed by atoms with van der Waals surface area (Å²) in [5.74, 6) is -0.518. The van der Waals surface area contributed by atoms with Crippen molar-refractivity contribution < 1.29 is 14.6 Å². The second kappa shape index (κ2) is 7.16. The van der Waals surface area contributed by atoms with Crippen LogP contribution in [-0.2, 0) is 4.74 Å². The smallest absolute Gasteiger partial charge is 0.339 e. The van der Waals surface area contributed by atoms with Crippen molar-refractivity contribution in [2.45, 2.75) is 13.3 Å². The lowest BCUT2D eigenvalue weighted by molar-refractivity contribution is 0.0378. The van der Waals surface area contributed by atoms with Crippen molar-refractivity contribution in [1.29, 1.82) is 0 Å². The van der Waals surface area contributed by atoms with Crippen LogP contribution in [0.3, 0.4) is 0 Å². The number of hydrogen-bond donors (Lipinski definition) is 2. The summed E-state index contributed by atoms with van der Waals surface area (Å²) in [7, 11) is 0. The Balaban J connectivity index is 1.73. The summed E-state index contributed by atoms with van der Waals surface area (Å²) in [6.45, 7) is 7.06. The number of carboxylic acids is 1. The molecule has 1 aromatic heterocycles. The van der Waals surface area contributed by atoms with E-state index in [1.807, 2.05) is 0 Å². The second-order valence-corrected chi connectivity index (χ2v) is 4.73. The number of carboxylic acid groups (broad SMARTS) is 1. The van der Waals surface area contributed by atoms with Gasteiger partial charge in [0.05, 0.1) is 24.5 Å². The van der Waals surface area contributed by atoms with Crippen molar-refractivity contribution in [3.8, 4) is 0 Å². The Morgan fingerprint density at radius 1 is 1.50 bits per heavy atom. The van der Waals surface area contributed by atoms with Crippen LogP contribution < -0.4 is 5.32 Å². The molecule has 0 unspecified atom stereocenters. The lowest BCUT2D eigenvalue weighted by atomic mass is 10.2. The molecule has 0 saturated carbocycles. The van der Waals surface area contributed by atoms with E-state index in [1.54, 1.807) is 6.92 Å². The Morgan fingerprint density at radius 2 is 2.25 bits per heavy atom. The highest BCUT2D eigenvalue weighted by Crippen LogP contribution is 2.07. The van der Waals surface area contributed by atoms with Gasteiger partial charge in [-0.05, 0) is 19.9 Å². The first-order chi connectivity index (χ1) is 9.66. The van der Waals surface area contributed by atoms with E-state index < -0.39 is 5.97 Å². The first-order valence-electron chi connectivity index (χ1n) is 6.78. The van der Waals surface area contributed by atoms with Crippen LogP contribution in [0.15, 0.2) is 6.20 Å². The number of aromatic nitrogens is 2. The maximum Gasteiger partial charge on any atom is 0.339 e. The Bertz CT molecular complexity index is 461. The van der Waals surface area contributed by atoms with Crippen molar-refractivity contribution in [2.75, 3.05) is 44.7 Å². The highest BCUT2D eigenvalue weighted by molar-refractivity contribution is 5.88. The van der Waals surface area contributed by atoms with E-state index in [4.69, 9.17) is 9.84 Å². The van der Waals surface area contributed by atoms with Crippen LogP contribution in [0.5, 0.6) is 0 Å². The molecule has 7 nitrogen and oxygen atoms in total. The minimum atomic E-state index is -0.999. The van der Waals surface area contributed by atoms with E-state index >= 15 is 0 Å². The van der Waals surface area contributed by atoms with Crippen LogP contribution in [0.1, 0.15) is 22.5 Å². The van der Waals surface area contributed by atoms with Gasteiger partial charge in [0.15, 0.2) is 0 Å². The number of nitrogens with zero attached hydrogens (tertiary/aromatic N) is 3. The molecule has 2 rings (SSSR count). The molecule has 1 saturated heterocycles. The molecule has 7 heteroatoms. The lowest BCUT2D eigenvalue weighted by Crippen LogP contribution is -2.37. The van der Waals surface area contributed by atoms with Crippen LogP contribution in [-0.4, -0.2) is 65.3 Å². The van der Waals surface area contributed by atoms with Gasteiger partial charge in [-0.3, -0.25) is 4.90 Å². The van der Waals surface area contributed by atoms with Gasteiger partial charge in [0, 0.05) is 25.8 Å². The van der Waals surface area contributed by atoms with Gasteiger partial charge in [0.25, 0.3) is 0 Å². The van der Waals surface area contributed by atoms with Gasteiger partial charge in [-0.2, -0.15) is 0 Å². The third kappa shape index (κ3) is 4.14. The van der Waals surface area contributed by atoms with Gasteiger partial charge >= 0.3 is 5.97 Å². The Labute approximate surface area is 118 Å². The summed E-state index contributed by atoms with van der Waals surface area (Å²) in [4.78, 5) is 21.4. The molecule has 1 aromatic rings. The molecule has 2 heterocycles. The molecular weight excluding hydrogens is 260 g/mol. The summed E-state index contributed by atoms with van der Waals surface area (Å²) in [5.41, 5.74) is 0.618. The monoisotopic (exact) mass is 280 g/mol. The van der Waals surface area contributed by atoms with E-state index in [1.165, 1.54) is 6.20 Å². The molecule has 110 valence electrons. The van der Waals surface area contributed by atoms with Crippen LogP contribution in [0.2, 0.25) is 0 Å². The third-order valence-electron chi connectivity index (χ3n) is 3.25. The predicted octanol–water partition coefficient (Wildman–Crippen LogP) is 0.617. The fourth-order valence-corrected chi connectivity index (χ4v) is 2.09. The molecule has 0 spiro atoms. The summed E-state index contributed by atoms with van der Waals surface area (Å²) in [6, 6.07) is 0. The van der Waals surface area contributed by atoms with E-state index in [-0.39, 0.29) is 5.56 Å². The first kappa shape index (κ1) is 14.7. The standard InChI is InChI=1S/C13H20N4O3/c1-10-11(12(18)19)9-15-13(16-10)14-3-2-4-17-5-7-20-8-6-17/h9H,2-8H2,1H3,(H,18,19)(H,14,15,16). The zero-order valence-electron chi connectivity index (χ0n) is 11.6. The van der Waals surface area contributed by atoms with Crippen molar-refractivity contribution in [1.82, 2.24) is 14.9 Å². The maximum absolute atomic E-state index is 10.9. The predicted molar refractivity (Wildman–Crippen MR) is 74.1 cm³/mol. The summed E-state index contributed by atoms with van der Waals surface area (Å²) in [6.07, 6.45) is 2.33. The highest BCUT2D eigenvalue weighted by atomic mass is 16.5. The molecule has 1 aliphatic rings. The minimum Gasteiger partial charge on any atom is -0.478 e. The molecule has 1 aliphatic heterocycles. The van der Waals surface area contributed by atoms with E-state index in [0.29, 0.717) is 11.6 Å². The van der Waals surface area contributed by atoms with Crippen LogP contribution in [0.4, 0.5) is 5.95 Å². The molecular formula is C13H20N4O3. The molecule has 0 bridgehead atoms. The van der Waals surface area contributed by atoms with Crippen LogP contribution in [0.25, 0.3) is 0 Å². The van der Waals surface area contributed by atoms with E-state index in [9.17, 15) is 4.79 Å². The molecule has 1 fully saturated rings. The molecule has 0 radical (unpaired) electrons. The lowest BCUT2D eigenvalue weighted by Gasteiger charge is -2.26. The Morgan fingerprint density at radius 3 is 2.90 bits per heavy atom. The van der Waals surface area contributed by atoms with Crippen molar-refractivity contribution in [2.24, 2.45) is 0 Å². The number of morpholine rings is 1. The zero-order chi connectivity index (χ0) is 14.4. The quantitative estimate of drug-likeness (QED) is 0.738. The van der Waals surface area contributed by atoms with E-state index in [0.717, 1.165) is 45.8 Å². The number of ether oxygens (including phenoxy) is 1. The van der Waals surface area contributed by atoms with Gasteiger partial charge in [-0.1, -0.05) is 0 Å². The summed E-state index contributed by atoms with van der Waals surface area (Å²) in [5, 5.41) is 12.0. The number of aromatic carboxylic acids is 1. The van der Waals surface area contributed by atoms with Gasteiger partial charge in [0.1, 0.15) is 0 Å². The van der Waals surface area contributed by atoms with Crippen molar-refractivity contribution in [3.05, 3.63) is 17.5 Å². The van der Waals surface area contributed by atoms with Crippen LogP contribution >= 0.6 is 0 Å². The molecule has 2 N–H and O–H groups in total. The second-order valence-electron chi connectivity index (χ2n) is 4.73. The van der Waals surface area contributed by atoms with Gasteiger partial charge in [-0.15, -0.1) is 0 Å². The first-order valence-corrected chi connectivity index (χ1v) is 6.78. The third-order valence-corrected chi connectivity index (χ3v) is 3.25. The fourth-order valence-electron chi connectivity index (χ4n) is 2.09. The molecule has 20 heavy (non-hydrogen) atoms. The number of hydrogen-bond acceptors (Lipinski definition) is 6. The van der Waals surface area contributed by atoms with Crippen molar-refractivity contribution in [3.63, 3.8) is 0 Å². The minimum absolute atomic E-state index is 0.142. The summed E-state index contributed by atoms with van der Waals surface area (Å²) >= 11 is 0. The molecule has 0 amide bonds. The van der Waals surface area contributed by atoms with E-state index in [2.05, 4.69) is 20.2 Å². The van der Waals surface area contributed by atoms with Gasteiger partial charge in [-0.25, -0.2) is 14.8 Å². The van der Waals surface area contributed by atoms with Crippen LogP contribution in [0, 0.1) is 6.92 Å². The maximum atomic E-state index is 10.9. The molecule has 0 atom stereocenters. The highest BCUT2D eigenvalue weighted by Gasteiger charge is 2.11. The van der Waals surface area contributed by atoms with Crippen molar-refractivity contribution >= 4 is 11.9 Å². The average molecular weight is 280 g/mol. The van der Waals surface area contributed by atoms with Gasteiger partial charge < -0.3 is 15.2 Å². The number of nitrogens with one attached hydrogen (secondary N) is 1. The topological polar surface area (TPSA) is 87.6 Å². The Kier molecular flexibility index (Phi) is 5.25. The molecule has 0 aromatic carbocycles. The molecule has 0 aliphatic carbocycles. The fraction of sp³-hybridized carbons (Fsp3) is 0.615. The Hall–Kier alpha value is -1.73. The largest absolute Gasteiger partial charge is 0.478 e. The number of aryl methyl sites for hydroxylation is 1. The number of anilines is 1. The van der Waals surface area contributed by atoms with Gasteiger partial charge in [0.2, 0.25) is 5.95 Å². The number of rotatable bonds is 6. The zero-order valence-corrected chi connectivity index (χ0v) is 11.6.